The summed E-state index contributed by atoms with van der Waals surface area (Å²) in [5, 5.41) is 2.86. The second kappa shape index (κ2) is 14.3. The van der Waals surface area contributed by atoms with Gasteiger partial charge in [-0.15, -0.1) is 0 Å². The SMILES string of the molecule is COc1ccc2nc3c(nc2c1)O[C@H]1CN(C(=O)[C@H](C(C)(C)C)NC(=O)O[C@@H]2C[C@@H]4CC[C@@H]4[C@H]2CCCCC3(F)F)[C@H](C(=O)OCC(C)C)[C@@H]1C. The molecule has 0 spiro atoms. The number of fused-ring (bicyclic) bond motifs is 7. The van der Waals surface area contributed by atoms with Crippen molar-refractivity contribution in [2.45, 2.75) is 117 Å². The number of rotatable bonds is 4. The van der Waals surface area contributed by atoms with E-state index < -0.39 is 65.5 Å². The van der Waals surface area contributed by atoms with Crippen molar-refractivity contribution in [1.82, 2.24) is 20.2 Å². The zero-order valence-electron chi connectivity index (χ0n) is 30.7. The Morgan fingerprint density at radius 1 is 1.06 bits per heavy atom. The number of methoxy groups -OCH3 is 1. The maximum absolute atomic E-state index is 16.3. The number of halogens is 2. The smallest absolute Gasteiger partial charge is 0.408 e. The molecule has 3 heterocycles. The summed E-state index contributed by atoms with van der Waals surface area (Å²) in [5.74, 6) is -4.21. The van der Waals surface area contributed by atoms with Crippen LogP contribution in [0.25, 0.3) is 11.0 Å². The molecule has 8 atom stereocenters. The topological polar surface area (TPSA) is 129 Å². The normalized spacial score (nSPS) is 31.2. The van der Waals surface area contributed by atoms with E-state index in [-0.39, 0.29) is 48.9 Å². The van der Waals surface area contributed by atoms with Crippen LogP contribution in [0.3, 0.4) is 0 Å². The zero-order chi connectivity index (χ0) is 36.8. The number of aromatic nitrogens is 2. The fraction of sp³-hybridized carbons (Fsp3) is 0.711. The number of hydrogen-bond acceptors (Lipinski definition) is 9. The Morgan fingerprint density at radius 3 is 2.49 bits per heavy atom. The Kier molecular flexibility index (Phi) is 10.4. The quantitative estimate of drug-likeness (QED) is 0.346. The fourth-order valence-electron chi connectivity index (χ4n) is 8.30. The molecule has 0 unspecified atom stereocenters. The van der Waals surface area contributed by atoms with Crippen molar-refractivity contribution in [2.24, 2.45) is 35.0 Å². The van der Waals surface area contributed by atoms with Crippen molar-refractivity contribution in [3.63, 3.8) is 0 Å². The number of nitrogens with one attached hydrogen (secondary N) is 1. The van der Waals surface area contributed by atoms with Gasteiger partial charge in [0.2, 0.25) is 11.8 Å². The summed E-state index contributed by atoms with van der Waals surface area (Å²) in [5.41, 5.74) is -0.803. The average molecular weight is 715 g/mol. The van der Waals surface area contributed by atoms with Crippen LogP contribution in [-0.4, -0.2) is 77.4 Å². The molecule has 13 heteroatoms. The molecule has 3 fully saturated rings. The summed E-state index contributed by atoms with van der Waals surface area (Å²) in [6.45, 7) is 11.0. The molecule has 2 aliphatic heterocycles. The lowest BCUT2D eigenvalue weighted by molar-refractivity contribution is -0.156. The average Bonchev–Trinajstić information content (AvgIpc) is 3.49. The minimum atomic E-state index is -3.39. The number of amides is 2. The van der Waals surface area contributed by atoms with Gasteiger partial charge in [-0.25, -0.2) is 19.6 Å². The van der Waals surface area contributed by atoms with Crippen LogP contribution in [-0.2, 0) is 25.0 Å². The first-order valence-electron chi connectivity index (χ1n) is 18.4. The number of alkyl carbamates (subject to hydrolysis) is 1. The van der Waals surface area contributed by atoms with Gasteiger partial charge in [-0.2, -0.15) is 8.78 Å². The predicted octanol–water partition coefficient (Wildman–Crippen LogP) is 6.65. The third-order valence-corrected chi connectivity index (χ3v) is 11.3. The molecule has 1 aromatic heterocycles. The maximum Gasteiger partial charge on any atom is 0.408 e. The lowest BCUT2D eigenvalue weighted by Gasteiger charge is -2.36. The van der Waals surface area contributed by atoms with E-state index in [1.54, 1.807) is 25.1 Å². The van der Waals surface area contributed by atoms with Crippen molar-refractivity contribution >= 4 is 29.0 Å². The van der Waals surface area contributed by atoms with Crippen LogP contribution in [0.15, 0.2) is 18.2 Å². The molecule has 0 radical (unpaired) electrons. The molecule has 2 amide bonds. The van der Waals surface area contributed by atoms with Gasteiger partial charge in [0, 0.05) is 18.4 Å². The Morgan fingerprint density at radius 2 is 1.82 bits per heavy atom. The van der Waals surface area contributed by atoms with Crippen LogP contribution in [0.4, 0.5) is 13.6 Å². The lowest BCUT2D eigenvalue weighted by Crippen LogP contribution is -2.57. The summed E-state index contributed by atoms with van der Waals surface area (Å²) in [6, 6.07) is 2.63. The molecule has 2 bridgehead atoms. The van der Waals surface area contributed by atoms with Crippen LogP contribution >= 0.6 is 0 Å². The molecule has 4 aliphatic rings. The number of carbonyl (C=O) groups excluding carboxylic acids is 3. The van der Waals surface area contributed by atoms with Gasteiger partial charge in [0.15, 0.2) is 5.69 Å². The van der Waals surface area contributed by atoms with Gasteiger partial charge in [-0.3, -0.25) is 4.79 Å². The van der Waals surface area contributed by atoms with Crippen molar-refractivity contribution in [2.75, 3.05) is 20.3 Å². The maximum atomic E-state index is 16.3. The molecule has 6 rings (SSSR count). The number of benzene rings is 1. The summed E-state index contributed by atoms with van der Waals surface area (Å²) < 4.78 is 56.0. The van der Waals surface area contributed by atoms with Crippen LogP contribution in [0.1, 0.15) is 92.2 Å². The molecule has 1 saturated heterocycles. The van der Waals surface area contributed by atoms with Gasteiger partial charge in [-0.1, -0.05) is 48.0 Å². The number of alkyl halides is 2. The van der Waals surface area contributed by atoms with Gasteiger partial charge in [0.05, 0.1) is 31.3 Å². The number of ether oxygens (including phenoxy) is 4. The molecule has 1 aromatic carbocycles. The summed E-state index contributed by atoms with van der Waals surface area (Å²) >= 11 is 0. The van der Waals surface area contributed by atoms with Gasteiger partial charge >= 0.3 is 12.1 Å². The molecule has 11 nitrogen and oxygen atoms in total. The number of nitrogens with zero attached hydrogens (tertiary/aromatic N) is 3. The molecule has 2 aliphatic carbocycles. The van der Waals surface area contributed by atoms with Gasteiger partial charge in [-0.05, 0) is 73.3 Å². The highest BCUT2D eigenvalue weighted by molar-refractivity contribution is 5.91. The van der Waals surface area contributed by atoms with Crippen molar-refractivity contribution in [3.05, 3.63) is 23.9 Å². The van der Waals surface area contributed by atoms with Gasteiger partial charge in [0.25, 0.3) is 5.92 Å². The molecule has 51 heavy (non-hydrogen) atoms. The third-order valence-electron chi connectivity index (χ3n) is 11.3. The first-order chi connectivity index (χ1) is 24.1. The monoisotopic (exact) mass is 714 g/mol. The summed E-state index contributed by atoms with van der Waals surface area (Å²) in [4.78, 5) is 52.1. The van der Waals surface area contributed by atoms with E-state index in [9.17, 15) is 14.4 Å². The Bertz CT molecular complexity index is 1630. The number of esters is 1. The van der Waals surface area contributed by atoms with Crippen molar-refractivity contribution in [1.29, 1.82) is 0 Å². The van der Waals surface area contributed by atoms with Gasteiger partial charge < -0.3 is 29.2 Å². The Hall–Kier alpha value is -3.77. The highest BCUT2D eigenvalue weighted by Gasteiger charge is 2.53. The van der Waals surface area contributed by atoms with E-state index in [4.69, 9.17) is 18.9 Å². The van der Waals surface area contributed by atoms with Gasteiger partial charge in [0.1, 0.15) is 30.0 Å². The molecule has 1 N–H and O–H groups in total. The number of carbonyl (C=O) groups is 3. The zero-order valence-corrected chi connectivity index (χ0v) is 30.7. The molecule has 2 saturated carbocycles. The van der Waals surface area contributed by atoms with Crippen molar-refractivity contribution in [3.8, 4) is 11.6 Å². The highest BCUT2D eigenvalue weighted by atomic mass is 19.3. The third kappa shape index (κ3) is 7.58. The predicted molar refractivity (Wildman–Crippen MR) is 184 cm³/mol. The summed E-state index contributed by atoms with van der Waals surface area (Å²) in [7, 11) is 1.50. The molecule has 2 aromatic rings. The Balaban J connectivity index is 1.42. The van der Waals surface area contributed by atoms with Crippen LogP contribution in [0.2, 0.25) is 0 Å². The Labute approximate surface area is 298 Å². The van der Waals surface area contributed by atoms with Crippen LogP contribution < -0.4 is 14.8 Å². The fourth-order valence-corrected chi connectivity index (χ4v) is 8.30. The molecular formula is C38H52F2N4O7. The lowest BCUT2D eigenvalue weighted by atomic mass is 9.71. The summed E-state index contributed by atoms with van der Waals surface area (Å²) in [6.07, 6.45) is 1.73. The second-order valence-electron chi connectivity index (χ2n) is 16.4. The standard InChI is InChI=1S/C38H52F2N4O7/c1-20(2)19-49-35(46)30-21(3)29-18-44(30)34(45)32(37(4,5)6)43-36(47)51-28-16-22-11-13-24(22)25(28)10-8-9-15-38(39,40)31-33(50-29)42-27-17-23(48-7)12-14-26(27)41-31/h12,14,17,20-22,24-25,28-30,32H,8-11,13,15-16,18-19H2,1-7H3,(H,43,47)/t21-,22+,24+,25-,28-,29+,30+,32-/m1/s1. The first kappa shape index (κ1) is 37.0. The van der Waals surface area contributed by atoms with E-state index in [2.05, 4.69) is 15.3 Å². The van der Waals surface area contributed by atoms with E-state index in [0.717, 1.165) is 19.3 Å². The van der Waals surface area contributed by atoms with Crippen LogP contribution in [0, 0.1) is 35.0 Å². The minimum Gasteiger partial charge on any atom is -0.497 e. The first-order valence-corrected chi connectivity index (χ1v) is 18.4. The molecular weight excluding hydrogens is 662 g/mol. The van der Waals surface area contributed by atoms with Crippen molar-refractivity contribution < 1.29 is 42.1 Å². The van der Waals surface area contributed by atoms with Crippen LogP contribution in [0.5, 0.6) is 11.6 Å². The molecule has 280 valence electrons. The van der Waals surface area contributed by atoms with E-state index >= 15 is 8.78 Å². The van der Waals surface area contributed by atoms with E-state index in [0.29, 0.717) is 35.9 Å². The number of hydrogen-bond donors (Lipinski definition) is 1. The van der Waals surface area contributed by atoms with E-state index in [1.807, 2.05) is 34.6 Å². The minimum absolute atomic E-state index is 0.0348. The second-order valence-corrected chi connectivity index (χ2v) is 16.4. The highest BCUT2D eigenvalue weighted by Crippen LogP contribution is 2.53. The van der Waals surface area contributed by atoms with E-state index in [1.165, 1.54) is 12.0 Å². The largest absolute Gasteiger partial charge is 0.497 e.